The van der Waals surface area contributed by atoms with Gasteiger partial charge in [0, 0.05) is 9.64 Å². The van der Waals surface area contributed by atoms with Crippen molar-refractivity contribution in [2.75, 3.05) is 12.0 Å². The van der Waals surface area contributed by atoms with E-state index in [0.717, 1.165) is 15.5 Å². The molecule has 2 amide bonds. The van der Waals surface area contributed by atoms with Crippen LogP contribution in [0, 0.1) is 0 Å². The molecule has 7 nitrogen and oxygen atoms in total. The van der Waals surface area contributed by atoms with E-state index in [4.69, 9.17) is 0 Å². The van der Waals surface area contributed by atoms with Gasteiger partial charge in [0.05, 0.1) is 18.4 Å². The molecule has 2 rings (SSSR count). The van der Waals surface area contributed by atoms with Gasteiger partial charge in [-0.25, -0.2) is 4.79 Å². The molecule has 1 aliphatic rings. The highest BCUT2D eigenvalue weighted by molar-refractivity contribution is 8.01. The van der Waals surface area contributed by atoms with E-state index in [1.165, 1.54) is 18.7 Å². The predicted octanol–water partition coefficient (Wildman–Crippen LogP) is 1.99. The van der Waals surface area contributed by atoms with Crippen LogP contribution in [0.15, 0.2) is 29.2 Å². The van der Waals surface area contributed by atoms with Crippen LogP contribution in [-0.2, 0) is 9.59 Å². The monoisotopic (exact) mass is 351 g/mol. The minimum absolute atomic E-state index is 0.117. The van der Waals surface area contributed by atoms with Crippen LogP contribution in [0.4, 0.5) is 10.5 Å². The van der Waals surface area contributed by atoms with Crippen molar-refractivity contribution in [3.05, 3.63) is 24.3 Å². The van der Waals surface area contributed by atoms with Crippen molar-refractivity contribution >= 4 is 35.7 Å². The van der Waals surface area contributed by atoms with Crippen LogP contribution in [-0.4, -0.2) is 51.8 Å². The molecule has 3 N–H and O–H groups in total. The number of hydrogen-bond donors (Lipinski definition) is 3. The van der Waals surface area contributed by atoms with Gasteiger partial charge in [-0.3, -0.25) is 15.0 Å². The number of benzene rings is 1. The van der Waals surface area contributed by atoms with Gasteiger partial charge in [0.2, 0.25) is 5.91 Å². The van der Waals surface area contributed by atoms with E-state index in [1.807, 2.05) is 38.1 Å². The molecule has 0 saturated heterocycles. The number of thioether (sulfide) groups is 1. The maximum absolute atomic E-state index is 12.6. The Labute approximate surface area is 144 Å². The van der Waals surface area contributed by atoms with Gasteiger partial charge in [-0.15, -0.1) is 11.8 Å². The van der Waals surface area contributed by atoms with Crippen LogP contribution in [0.3, 0.4) is 0 Å². The summed E-state index contributed by atoms with van der Waals surface area (Å²) in [6.45, 7) is 5.22. The molecule has 8 heteroatoms. The number of fused-ring (bicyclic) bond motifs is 1. The molecule has 0 saturated carbocycles. The Kier molecular flexibility index (Phi) is 5.51. The van der Waals surface area contributed by atoms with E-state index < -0.39 is 22.9 Å². The zero-order chi connectivity index (χ0) is 17.9. The largest absolute Gasteiger partial charge is 0.465 e. The smallest absolute Gasteiger partial charge is 0.408 e. The SMILES string of the molecule is C[C@@H](C=O)N(CN[C@H]1C(=O)Nc2ccccc2SC1(C)C)C(=O)O. The minimum Gasteiger partial charge on any atom is -0.465 e. The van der Waals surface area contributed by atoms with Crippen LogP contribution < -0.4 is 10.6 Å². The van der Waals surface area contributed by atoms with Crippen LogP contribution in [0.1, 0.15) is 20.8 Å². The molecule has 24 heavy (non-hydrogen) atoms. The Bertz CT molecular complexity index is 650. The summed E-state index contributed by atoms with van der Waals surface area (Å²) < 4.78 is -0.509. The van der Waals surface area contributed by atoms with Crippen molar-refractivity contribution < 1.29 is 19.5 Å². The van der Waals surface area contributed by atoms with Crippen molar-refractivity contribution in [2.45, 2.75) is 42.5 Å². The average Bonchev–Trinajstić information content (AvgIpc) is 2.60. The molecule has 1 aromatic rings. The second-order valence-corrected chi connectivity index (χ2v) is 7.81. The van der Waals surface area contributed by atoms with Crippen LogP contribution in [0.25, 0.3) is 0 Å². The van der Waals surface area contributed by atoms with Crippen molar-refractivity contribution in [1.82, 2.24) is 10.2 Å². The normalized spacial score (nSPS) is 20.3. The molecule has 0 aromatic heterocycles. The number of carbonyl (C=O) groups is 3. The van der Waals surface area contributed by atoms with Gasteiger partial charge in [0.1, 0.15) is 12.3 Å². The van der Waals surface area contributed by atoms with Crippen LogP contribution in [0.5, 0.6) is 0 Å². The molecule has 1 heterocycles. The molecular weight excluding hydrogens is 330 g/mol. The lowest BCUT2D eigenvalue weighted by Gasteiger charge is -2.33. The van der Waals surface area contributed by atoms with Crippen molar-refractivity contribution in [2.24, 2.45) is 0 Å². The number of aldehydes is 1. The van der Waals surface area contributed by atoms with E-state index in [2.05, 4.69) is 10.6 Å². The van der Waals surface area contributed by atoms with Gasteiger partial charge in [0.15, 0.2) is 0 Å². The topological polar surface area (TPSA) is 98.7 Å². The number of nitrogens with one attached hydrogen (secondary N) is 2. The first-order valence-corrected chi connectivity index (χ1v) is 8.35. The third-order valence-electron chi connectivity index (χ3n) is 3.88. The third-order valence-corrected chi connectivity index (χ3v) is 5.21. The molecule has 0 bridgehead atoms. The summed E-state index contributed by atoms with van der Waals surface area (Å²) >= 11 is 1.54. The highest BCUT2D eigenvalue weighted by Crippen LogP contribution is 2.41. The number of para-hydroxylation sites is 1. The first-order valence-electron chi connectivity index (χ1n) is 7.53. The van der Waals surface area contributed by atoms with E-state index >= 15 is 0 Å². The molecule has 0 spiro atoms. The number of anilines is 1. The zero-order valence-electron chi connectivity index (χ0n) is 13.8. The van der Waals surface area contributed by atoms with Gasteiger partial charge in [0.25, 0.3) is 0 Å². The molecule has 2 atom stereocenters. The molecule has 1 aliphatic heterocycles. The number of carbonyl (C=O) groups excluding carboxylic acids is 2. The Morgan fingerprint density at radius 3 is 2.79 bits per heavy atom. The third kappa shape index (κ3) is 3.88. The van der Waals surface area contributed by atoms with Gasteiger partial charge >= 0.3 is 6.09 Å². The highest BCUT2D eigenvalue weighted by atomic mass is 32.2. The Balaban J connectivity index is 2.19. The number of rotatable bonds is 5. The molecular formula is C16H21N3O4S. The van der Waals surface area contributed by atoms with E-state index in [1.54, 1.807) is 0 Å². The quantitative estimate of drug-likeness (QED) is 0.554. The molecule has 0 aliphatic carbocycles. The lowest BCUT2D eigenvalue weighted by Crippen LogP contribution is -2.56. The maximum atomic E-state index is 12.6. The van der Waals surface area contributed by atoms with Gasteiger partial charge in [-0.1, -0.05) is 12.1 Å². The lowest BCUT2D eigenvalue weighted by atomic mass is 10.0. The standard InChI is InChI=1S/C16H21N3O4S/c1-10(8-20)19(15(22)23)9-17-13-14(21)18-11-6-4-5-7-12(11)24-16(13,2)3/h4-8,10,13,17H,9H2,1-3H3,(H,18,21)(H,22,23)/t10-,13-/m0/s1. The predicted molar refractivity (Wildman–Crippen MR) is 92.2 cm³/mol. The number of hydrogen-bond acceptors (Lipinski definition) is 5. The van der Waals surface area contributed by atoms with Crippen LogP contribution >= 0.6 is 11.8 Å². The highest BCUT2D eigenvalue weighted by Gasteiger charge is 2.39. The zero-order valence-corrected chi connectivity index (χ0v) is 14.6. The fourth-order valence-corrected chi connectivity index (χ4v) is 3.76. The summed E-state index contributed by atoms with van der Waals surface area (Å²) in [5.41, 5.74) is 0.737. The molecule has 0 fully saturated rings. The number of carboxylic acid groups (broad SMARTS) is 1. The van der Waals surface area contributed by atoms with E-state index in [9.17, 15) is 19.5 Å². The summed E-state index contributed by atoms with van der Waals surface area (Å²) in [4.78, 5) is 36.7. The molecule has 0 radical (unpaired) electrons. The Morgan fingerprint density at radius 1 is 1.50 bits per heavy atom. The molecule has 0 unspecified atom stereocenters. The second-order valence-electron chi connectivity index (χ2n) is 6.12. The first-order chi connectivity index (χ1) is 11.3. The Hall–Kier alpha value is -2.06. The fraction of sp³-hybridized carbons (Fsp3) is 0.438. The fourth-order valence-electron chi connectivity index (χ4n) is 2.51. The summed E-state index contributed by atoms with van der Waals surface area (Å²) in [6, 6.07) is 6.09. The van der Waals surface area contributed by atoms with Crippen LogP contribution in [0.2, 0.25) is 0 Å². The average molecular weight is 351 g/mol. The van der Waals surface area contributed by atoms with Gasteiger partial charge in [-0.2, -0.15) is 0 Å². The summed E-state index contributed by atoms with van der Waals surface area (Å²) in [5.74, 6) is -0.235. The number of amides is 2. The van der Waals surface area contributed by atoms with Crippen molar-refractivity contribution in [1.29, 1.82) is 0 Å². The lowest BCUT2D eigenvalue weighted by molar-refractivity contribution is -0.118. The van der Waals surface area contributed by atoms with Gasteiger partial charge < -0.3 is 15.2 Å². The minimum atomic E-state index is -1.22. The van der Waals surface area contributed by atoms with Crippen molar-refractivity contribution in [3.8, 4) is 0 Å². The van der Waals surface area contributed by atoms with E-state index in [0.29, 0.717) is 6.29 Å². The Morgan fingerprint density at radius 2 is 2.17 bits per heavy atom. The maximum Gasteiger partial charge on any atom is 0.408 e. The number of nitrogens with zero attached hydrogens (tertiary/aromatic N) is 1. The summed E-state index contributed by atoms with van der Waals surface area (Å²) in [6.07, 6.45) is -0.663. The van der Waals surface area contributed by atoms with Crippen molar-refractivity contribution in [3.63, 3.8) is 0 Å². The van der Waals surface area contributed by atoms with Gasteiger partial charge in [-0.05, 0) is 32.9 Å². The van der Waals surface area contributed by atoms with E-state index in [-0.39, 0.29) is 12.6 Å². The molecule has 130 valence electrons. The molecule has 1 aromatic carbocycles. The first kappa shape index (κ1) is 18.3. The second kappa shape index (κ2) is 7.23. The summed E-state index contributed by atoms with van der Waals surface area (Å²) in [5, 5.41) is 15.1. The summed E-state index contributed by atoms with van der Waals surface area (Å²) in [7, 11) is 0.